The van der Waals surface area contributed by atoms with Gasteiger partial charge < -0.3 is 4.90 Å². The van der Waals surface area contributed by atoms with Crippen molar-refractivity contribution in [3.8, 4) is 0 Å². The van der Waals surface area contributed by atoms with Crippen molar-refractivity contribution >= 4 is 27.1 Å². The van der Waals surface area contributed by atoms with Gasteiger partial charge in [0.1, 0.15) is 0 Å². The lowest BCUT2D eigenvalue weighted by atomic mass is 10.1. The van der Waals surface area contributed by atoms with Crippen molar-refractivity contribution in [2.75, 3.05) is 18.1 Å². The molecular formula is C14H21NO3S2. The van der Waals surface area contributed by atoms with Gasteiger partial charge in [0.2, 0.25) is 0 Å². The summed E-state index contributed by atoms with van der Waals surface area (Å²) in [6, 6.07) is 1.75. The Labute approximate surface area is 124 Å². The summed E-state index contributed by atoms with van der Waals surface area (Å²) in [7, 11) is -2.97. The van der Waals surface area contributed by atoms with Gasteiger partial charge >= 0.3 is 0 Å². The van der Waals surface area contributed by atoms with Gasteiger partial charge in [0.25, 0.3) is 5.91 Å². The van der Waals surface area contributed by atoms with Gasteiger partial charge in [0.15, 0.2) is 9.84 Å². The van der Waals surface area contributed by atoms with Crippen LogP contribution in [0.3, 0.4) is 0 Å². The molecule has 0 aliphatic carbocycles. The second-order valence-electron chi connectivity index (χ2n) is 5.38. The molecule has 0 radical (unpaired) electrons. The van der Waals surface area contributed by atoms with Crippen LogP contribution < -0.4 is 0 Å². The van der Waals surface area contributed by atoms with E-state index in [9.17, 15) is 13.2 Å². The van der Waals surface area contributed by atoms with Crippen LogP contribution >= 0.6 is 11.3 Å². The van der Waals surface area contributed by atoms with Crippen molar-refractivity contribution in [2.45, 2.75) is 39.7 Å². The van der Waals surface area contributed by atoms with Crippen LogP contribution in [0.25, 0.3) is 0 Å². The van der Waals surface area contributed by atoms with Gasteiger partial charge in [-0.15, -0.1) is 11.3 Å². The van der Waals surface area contributed by atoms with E-state index in [2.05, 4.69) is 0 Å². The first-order chi connectivity index (χ1) is 9.34. The molecule has 6 heteroatoms. The number of sulfone groups is 1. The van der Waals surface area contributed by atoms with Crippen LogP contribution in [0.2, 0.25) is 0 Å². The molecule has 1 amide bonds. The summed E-state index contributed by atoms with van der Waals surface area (Å²) in [4.78, 5) is 16.6. The van der Waals surface area contributed by atoms with E-state index < -0.39 is 9.84 Å². The summed E-state index contributed by atoms with van der Waals surface area (Å²) in [6.45, 7) is 6.56. The Kier molecular flexibility index (Phi) is 4.54. The monoisotopic (exact) mass is 315 g/mol. The highest BCUT2D eigenvalue weighted by molar-refractivity contribution is 7.91. The maximum Gasteiger partial charge on any atom is 0.255 e. The maximum absolute atomic E-state index is 12.7. The third kappa shape index (κ3) is 3.23. The molecule has 112 valence electrons. The van der Waals surface area contributed by atoms with Gasteiger partial charge in [-0.25, -0.2) is 8.42 Å². The topological polar surface area (TPSA) is 54.5 Å². The SMILES string of the molecule is CCCN(C(=O)c1cc(C)sc1C)C1CCS(=O)(=O)C1. The van der Waals surface area contributed by atoms with Crippen LogP contribution in [-0.4, -0.2) is 43.3 Å². The lowest BCUT2D eigenvalue weighted by Gasteiger charge is -2.28. The van der Waals surface area contributed by atoms with Gasteiger partial charge in [-0.1, -0.05) is 6.92 Å². The molecule has 0 bridgehead atoms. The lowest BCUT2D eigenvalue weighted by molar-refractivity contribution is 0.0697. The average molecular weight is 315 g/mol. The molecule has 1 aromatic heterocycles. The molecule has 0 aromatic carbocycles. The van der Waals surface area contributed by atoms with Crippen LogP contribution in [0.4, 0.5) is 0 Å². The number of thiophene rings is 1. The summed E-state index contributed by atoms with van der Waals surface area (Å²) in [5, 5.41) is 0. The minimum Gasteiger partial charge on any atom is -0.335 e. The van der Waals surface area contributed by atoms with Gasteiger partial charge in [-0.2, -0.15) is 0 Å². The first-order valence-corrected chi connectivity index (χ1v) is 9.56. The molecular weight excluding hydrogens is 294 g/mol. The highest BCUT2D eigenvalue weighted by Crippen LogP contribution is 2.25. The normalized spacial score (nSPS) is 21.1. The summed E-state index contributed by atoms with van der Waals surface area (Å²) in [6.07, 6.45) is 1.40. The molecule has 1 atom stereocenters. The predicted octanol–water partition coefficient (Wildman–Crippen LogP) is 2.40. The largest absolute Gasteiger partial charge is 0.335 e. The molecule has 1 unspecified atom stereocenters. The number of carbonyl (C=O) groups is 1. The Balaban J connectivity index is 2.25. The van der Waals surface area contributed by atoms with E-state index >= 15 is 0 Å². The number of aryl methyl sites for hydroxylation is 2. The zero-order chi connectivity index (χ0) is 14.9. The molecule has 2 heterocycles. The molecule has 4 nitrogen and oxygen atoms in total. The third-order valence-corrected chi connectivity index (χ3v) is 6.36. The molecule has 1 aliphatic heterocycles. The molecule has 1 aliphatic rings. The fourth-order valence-corrected chi connectivity index (χ4v) is 5.36. The van der Waals surface area contributed by atoms with Crippen LogP contribution in [0.5, 0.6) is 0 Å². The number of carbonyl (C=O) groups excluding carboxylic acids is 1. The zero-order valence-corrected chi connectivity index (χ0v) is 13.8. The van der Waals surface area contributed by atoms with E-state index in [1.54, 1.807) is 16.2 Å². The van der Waals surface area contributed by atoms with Crippen LogP contribution in [0.15, 0.2) is 6.07 Å². The summed E-state index contributed by atoms with van der Waals surface area (Å²) in [5.41, 5.74) is 0.727. The average Bonchev–Trinajstić information content (AvgIpc) is 2.88. The highest BCUT2D eigenvalue weighted by atomic mass is 32.2. The van der Waals surface area contributed by atoms with Crippen molar-refractivity contribution in [1.82, 2.24) is 4.90 Å². The van der Waals surface area contributed by atoms with Gasteiger partial charge in [-0.05, 0) is 32.8 Å². The molecule has 20 heavy (non-hydrogen) atoms. The summed E-state index contributed by atoms with van der Waals surface area (Å²) < 4.78 is 23.3. The van der Waals surface area contributed by atoms with E-state index in [0.29, 0.717) is 13.0 Å². The van der Waals surface area contributed by atoms with E-state index in [-0.39, 0.29) is 23.5 Å². The fourth-order valence-electron chi connectivity index (χ4n) is 2.71. The van der Waals surface area contributed by atoms with Crippen LogP contribution in [0.1, 0.15) is 39.9 Å². The molecule has 0 N–H and O–H groups in total. The van der Waals surface area contributed by atoms with E-state index in [1.165, 1.54) is 0 Å². The van der Waals surface area contributed by atoms with Crippen molar-refractivity contribution < 1.29 is 13.2 Å². The van der Waals surface area contributed by atoms with Crippen LogP contribution in [0, 0.1) is 13.8 Å². The van der Waals surface area contributed by atoms with Crippen molar-refractivity contribution in [3.63, 3.8) is 0 Å². The number of rotatable bonds is 4. The Bertz CT molecular complexity index is 604. The Morgan fingerprint density at radius 2 is 2.15 bits per heavy atom. The standard InChI is InChI=1S/C14H21NO3S2/c1-4-6-15(12-5-7-20(17,18)9-12)14(16)13-8-10(2)19-11(13)3/h8,12H,4-7,9H2,1-3H3. The molecule has 1 fully saturated rings. The van der Waals surface area contributed by atoms with E-state index in [1.807, 2.05) is 26.8 Å². The van der Waals surface area contributed by atoms with Gasteiger partial charge in [0.05, 0.1) is 17.1 Å². The number of amides is 1. The Morgan fingerprint density at radius 1 is 1.45 bits per heavy atom. The second-order valence-corrected chi connectivity index (χ2v) is 9.07. The molecule has 0 saturated carbocycles. The van der Waals surface area contributed by atoms with Crippen LogP contribution in [-0.2, 0) is 9.84 Å². The number of nitrogens with zero attached hydrogens (tertiary/aromatic N) is 1. The molecule has 2 rings (SSSR count). The Morgan fingerprint density at radius 3 is 2.60 bits per heavy atom. The molecule has 0 spiro atoms. The number of hydrogen-bond donors (Lipinski definition) is 0. The predicted molar refractivity (Wildman–Crippen MR) is 82.2 cm³/mol. The minimum absolute atomic E-state index is 0.0178. The first kappa shape index (κ1) is 15.5. The molecule has 1 aromatic rings. The van der Waals surface area contributed by atoms with E-state index in [0.717, 1.165) is 21.7 Å². The number of hydrogen-bond acceptors (Lipinski definition) is 4. The van der Waals surface area contributed by atoms with Gasteiger partial charge in [0, 0.05) is 22.3 Å². The first-order valence-electron chi connectivity index (χ1n) is 6.92. The third-order valence-electron chi connectivity index (χ3n) is 3.65. The second kappa shape index (κ2) is 5.85. The maximum atomic E-state index is 12.7. The highest BCUT2D eigenvalue weighted by Gasteiger charge is 2.35. The van der Waals surface area contributed by atoms with Crippen molar-refractivity contribution in [1.29, 1.82) is 0 Å². The van der Waals surface area contributed by atoms with Crippen molar-refractivity contribution in [3.05, 3.63) is 21.4 Å². The van der Waals surface area contributed by atoms with Gasteiger partial charge in [-0.3, -0.25) is 4.79 Å². The quantitative estimate of drug-likeness (QED) is 0.857. The lowest BCUT2D eigenvalue weighted by Crippen LogP contribution is -2.41. The zero-order valence-electron chi connectivity index (χ0n) is 12.2. The minimum atomic E-state index is -2.97. The van der Waals surface area contributed by atoms with Crippen molar-refractivity contribution in [2.24, 2.45) is 0 Å². The summed E-state index contributed by atoms with van der Waals surface area (Å²) in [5.74, 6) is 0.295. The Hall–Kier alpha value is -0.880. The van der Waals surface area contributed by atoms with E-state index in [4.69, 9.17) is 0 Å². The fraction of sp³-hybridized carbons (Fsp3) is 0.643. The molecule has 1 saturated heterocycles. The smallest absolute Gasteiger partial charge is 0.255 e. The summed E-state index contributed by atoms with van der Waals surface area (Å²) >= 11 is 1.61.